The van der Waals surface area contributed by atoms with Gasteiger partial charge in [-0.2, -0.15) is 0 Å². The number of rotatable bonds is 4. The van der Waals surface area contributed by atoms with Crippen molar-refractivity contribution in [2.45, 2.75) is 39.2 Å². The van der Waals surface area contributed by atoms with Crippen LogP contribution >= 0.6 is 0 Å². The maximum Gasteiger partial charge on any atom is 0.243 e. The highest BCUT2D eigenvalue weighted by molar-refractivity contribution is 6.04. The Hall–Kier alpha value is -1.84. The molecule has 1 unspecified atom stereocenters. The number of hydrogen-bond acceptors (Lipinski definition) is 2. The van der Waals surface area contributed by atoms with Gasteiger partial charge in [0, 0.05) is 25.1 Å². The van der Waals surface area contributed by atoms with E-state index in [1.165, 1.54) is 0 Å². The van der Waals surface area contributed by atoms with Crippen LogP contribution in [0.2, 0.25) is 0 Å². The molecule has 4 heteroatoms. The molecular weight excluding hydrogens is 252 g/mol. The summed E-state index contributed by atoms with van der Waals surface area (Å²) in [7, 11) is 1.62. The largest absolute Gasteiger partial charge is 0.357 e. The standard InChI is InChI=1S/C16H22N2O2/c1-4-11(5-2)16(20)18-13-9-7-6-8-12(13)10-14(18)15(19)17-3/h6-9,11,14H,4-5,10H2,1-3H3,(H,17,19). The van der Waals surface area contributed by atoms with E-state index in [4.69, 9.17) is 0 Å². The smallest absolute Gasteiger partial charge is 0.243 e. The highest BCUT2D eigenvalue weighted by Gasteiger charge is 2.39. The second-order valence-electron chi connectivity index (χ2n) is 5.18. The fourth-order valence-corrected chi connectivity index (χ4v) is 2.87. The van der Waals surface area contributed by atoms with Gasteiger partial charge in [-0.3, -0.25) is 14.5 Å². The maximum atomic E-state index is 12.7. The molecule has 0 spiro atoms. The number of amides is 2. The van der Waals surface area contributed by atoms with Crippen molar-refractivity contribution in [1.82, 2.24) is 5.32 Å². The third kappa shape index (κ3) is 2.42. The van der Waals surface area contributed by atoms with E-state index < -0.39 is 6.04 Å². The van der Waals surface area contributed by atoms with Crippen LogP contribution in [0.25, 0.3) is 0 Å². The van der Waals surface area contributed by atoms with Gasteiger partial charge in [0.1, 0.15) is 6.04 Å². The third-order valence-corrected chi connectivity index (χ3v) is 4.10. The molecule has 20 heavy (non-hydrogen) atoms. The number of nitrogens with one attached hydrogen (secondary N) is 1. The molecule has 1 aliphatic rings. The quantitative estimate of drug-likeness (QED) is 0.914. The molecule has 0 saturated carbocycles. The van der Waals surface area contributed by atoms with Crippen LogP contribution in [0.5, 0.6) is 0 Å². The molecule has 108 valence electrons. The highest BCUT2D eigenvalue weighted by Crippen LogP contribution is 2.34. The second kappa shape index (κ2) is 6.07. The molecule has 1 aliphatic heterocycles. The Morgan fingerprint density at radius 1 is 1.30 bits per heavy atom. The molecule has 0 bridgehead atoms. The first-order valence-corrected chi connectivity index (χ1v) is 7.26. The Morgan fingerprint density at radius 3 is 2.55 bits per heavy atom. The predicted octanol–water partition coefficient (Wildman–Crippen LogP) is 2.13. The third-order valence-electron chi connectivity index (χ3n) is 4.10. The van der Waals surface area contributed by atoms with Crippen LogP contribution in [-0.4, -0.2) is 24.9 Å². The summed E-state index contributed by atoms with van der Waals surface area (Å²) in [5.74, 6) is -0.0534. The summed E-state index contributed by atoms with van der Waals surface area (Å²) in [6.45, 7) is 4.03. The molecule has 1 heterocycles. The van der Waals surface area contributed by atoms with Crippen LogP contribution in [-0.2, 0) is 16.0 Å². The van der Waals surface area contributed by atoms with Crippen molar-refractivity contribution in [2.75, 3.05) is 11.9 Å². The molecule has 0 fully saturated rings. The van der Waals surface area contributed by atoms with Gasteiger partial charge in [0.15, 0.2) is 0 Å². The minimum absolute atomic E-state index is 0.0201. The normalized spacial score (nSPS) is 17.2. The summed E-state index contributed by atoms with van der Waals surface area (Å²) in [4.78, 5) is 26.5. The zero-order valence-corrected chi connectivity index (χ0v) is 12.3. The van der Waals surface area contributed by atoms with Gasteiger partial charge in [0.2, 0.25) is 11.8 Å². The average Bonchev–Trinajstić information content (AvgIpc) is 2.86. The Labute approximate surface area is 120 Å². The lowest BCUT2D eigenvalue weighted by atomic mass is 10.0. The molecular formula is C16H22N2O2. The minimum atomic E-state index is -0.412. The van der Waals surface area contributed by atoms with E-state index in [1.54, 1.807) is 11.9 Å². The molecule has 0 radical (unpaired) electrons. The lowest BCUT2D eigenvalue weighted by molar-refractivity contribution is -0.127. The summed E-state index contributed by atoms with van der Waals surface area (Å²) in [5, 5.41) is 2.67. The van der Waals surface area contributed by atoms with E-state index in [2.05, 4.69) is 5.32 Å². The number of para-hydroxylation sites is 1. The molecule has 1 aromatic carbocycles. The first-order valence-electron chi connectivity index (χ1n) is 7.26. The number of hydrogen-bond donors (Lipinski definition) is 1. The van der Waals surface area contributed by atoms with Gasteiger partial charge < -0.3 is 5.32 Å². The number of nitrogens with zero attached hydrogens (tertiary/aromatic N) is 1. The van der Waals surface area contributed by atoms with Crippen LogP contribution < -0.4 is 10.2 Å². The summed E-state index contributed by atoms with van der Waals surface area (Å²) in [6.07, 6.45) is 2.20. The predicted molar refractivity (Wildman–Crippen MR) is 79.6 cm³/mol. The zero-order chi connectivity index (χ0) is 14.7. The topological polar surface area (TPSA) is 49.4 Å². The molecule has 1 atom stereocenters. The van der Waals surface area contributed by atoms with Crippen molar-refractivity contribution in [1.29, 1.82) is 0 Å². The first-order chi connectivity index (χ1) is 9.63. The monoisotopic (exact) mass is 274 g/mol. The Bertz CT molecular complexity index is 509. The van der Waals surface area contributed by atoms with Gasteiger partial charge >= 0.3 is 0 Å². The van der Waals surface area contributed by atoms with Crippen LogP contribution in [0.15, 0.2) is 24.3 Å². The van der Waals surface area contributed by atoms with Crippen molar-refractivity contribution in [3.05, 3.63) is 29.8 Å². The van der Waals surface area contributed by atoms with Crippen LogP contribution in [0.4, 0.5) is 5.69 Å². The number of benzene rings is 1. The maximum absolute atomic E-state index is 12.7. The summed E-state index contributed by atoms with van der Waals surface area (Å²) < 4.78 is 0. The number of carbonyl (C=O) groups excluding carboxylic acids is 2. The van der Waals surface area contributed by atoms with Crippen molar-refractivity contribution in [2.24, 2.45) is 5.92 Å². The summed E-state index contributed by atoms with van der Waals surface area (Å²) in [5.41, 5.74) is 1.96. The fraction of sp³-hybridized carbons (Fsp3) is 0.500. The fourth-order valence-electron chi connectivity index (χ4n) is 2.87. The lowest BCUT2D eigenvalue weighted by Gasteiger charge is -2.27. The van der Waals surface area contributed by atoms with Gasteiger partial charge in [-0.1, -0.05) is 32.0 Å². The van der Waals surface area contributed by atoms with Gasteiger partial charge in [-0.25, -0.2) is 0 Å². The molecule has 4 nitrogen and oxygen atoms in total. The minimum Gasteiger partial charge on any atom is -0.357 e. The van der Waals surface area contributed by atoms with Gasteiger partial charge in [-0.05, 0) is 24.5 Å². The Morgan fingerprint density at radius 2 is 1.95 bits per heavy atom. The molecule has 2 amide bonds. The van der Waals surface area contributed by atoms with Crippen molar-refractivity contribution in [3.63, 3.8) is 0 Å². The van der Waals surface area contributed by atoms with E-state index in [0.717, 1.165) is 24.1 Å². The first kappa shape index (κ1) is 14.6. The number of carbonyl (C=O) groups is 2. The molecule has 0 aromatic heterocycles. The molecule has 1 N–H and O–H groups in total. The number of fused-ring (bicyclic) bond motifs is 1. The van der Waals surface area contributed by atoms with Gasteiger partial charge in [0.25, 0.3) is 0 Å². The van der Waals surface area contributed by atoms with Gasteiger partial charge in [-0.15, -0.1) is 0 Å². The van der Waals surface area contributed by atoms with E-state index in [-0.39, 0.29) is 17.7 Å². The van der Waals surface area contributed by atoms with Crippen molar-refractivity contribution in [3.8, 4) is 0 Å². The van der Waals surface area contributed by atoms with E-state index in [1.807, 2.05) is 38.1 Å². The van der Waals surface area contributed by atoms with Gasteiger partial charge in [0.05, 0.1) is 0 Å². The van der Waals surface area contributed by atoms with E-state index >= 15 is 0 Å². The number of anilines is 1. The highest BCUT2D eigenvalue weighted by atomic mass is 16.2. The van der Waals surface area contributed by atoms with Crippen LogP contribution in [0.1, 0.15) is 32.3 Å². The van der Waals surface area contributed by atoms with Crippen molar-refractivity contribution < 1.29 is 9.59 Å². The van der Waals surface area contributed by atoms with Crippen molar-refractivity contribution >= 4 is 17.5 Å². The second-order valence-corrected chi connectivity index (χ2v) is 5.18. The van der Waals surface area contributed by atoms with E-state index in [0.29, 0.717) is 6.42 Å². The molecule has 2 rings (SSSR count). The summed E-state index contributed by atoms with van der Waals surface area (Å²) >= 11 is 0. The zero-order valence-electron chi connectivity index (χ0n) is 12.3. The molecule has 1 aromatic rings. The van der Waals surface area contributed by atoms with E-state index in [9.17, 15) is 9.59 Å². The molecule has 0 aliphatic carbocycles. The van der Waals surface area contributed by atoms with Crippen LogP contribution in [0, 0.1) is 5.92 Å². The van der Waals surface area contributed by atoms with Crippen LogP contribution in [0.3, 0.4) is 0 Å². The average molecular weight is 274 g/mol. The number of likely N-dealkylation sites (N-methyl/N-ethyl adjacent to an activating group) is 1. The SMILES string of the molecule is CCC(CC)C(=O)N1c2ccccc2CC1C(=O)NC. The Kier molecular flexibility index (Phi) is 4.42. The Balaban J connectivity index is 2.39. The summed E-state index contributed by atoms with van der Waals surface area (Å²) in [6, 6.07) is 7.37. The molecule has 0 saturated heterocycles. The lowest BCUT2D eigenvalue weighted by Crippen LogP contribution is -2.49.